The highest BCUT2D eigenvalue weighted by Gasteiger charge is 2.23. The van der Waals surface area contributed by atoms with Crippen molar-refractivity contribution in [3.8, 4) is 0 Å². The third kappa shape index (κ3) is 2.24. The fraction of sp³-hybridized carbons (Fsp3) is 0.100. The highest BCUT2D eigenvalue weighted by Crippen LogP contribution is 2.26. The van der Waals surface area contributed by atoms with Gasteiger partial charge in [0.05, 0.1) is 11.4 Å². The van der Waals surface area contributed by atoms with Crippen LogP contribution < -0.4 is 0 Å². The lowest BCUT2D eigenvalue weighted by Gasteiger charge is -1.91. The molecule has 0 unspecified atom stereocenters. The molecule has 5 heteroatoms. The minimum Gasteiger partial charge on any atom is -0.509 e. The summed E-state index contributed by atoms with van der Waals surface area (Å²) >= 11 is 1.03. The van der Waals surface area contributed by atoms with Gasteiger partial charge in [0.25, 0.3) is 0 Å². The first-order valence-electron chi connectivity index (χ1n) is 4.33. The van der Waals surface area contributed by atoms with Crippen LogP contribution in [0.5, 0.6) is 0 Å². The van der Waals surface area contributed by atoms with Crippen LogP contribution in [0.4, 0.5) is 5.69 Å². The number of carbonyl (C=O) groups is 1. The molecule has 0 aromatic heterocycles. The van der Waals surface area contributed by atoms with E-state index in [0.29, 0.717) is 11.4 Å². The Kier molecular flexibility index (Phi) is 2.82. The van der Waals surface area contributed by atoms with E-state index < -0.39 is 0 Å². The number of thioether (sulfide) groups is 1. The zero-order valence-electron chi connectivity index (χ0n) is 7.75. The lowest BCUT2D eigenvalue weighted by Crippen LogP contribution is -1.88. The number of aliphatic hydroxyl groups is 1. The van der Waals surface area contributed by atoms with E-state index in [4.69, 9.17) is 0 Å². The van der Waals surface area contributed by atoms with Crippen LogP contribution in [-0.2, 0) is 4.79 Å². The van der Waals surface area contributed by atoms with Crippen LogP contribution in [0.1, 0.15) is 0 Å². The Hall–Kier alpha value is -1.62. The van der Waals surface area contributed by atoms with Gasteiger partial charge in [-0.3, -0.25) is 4.79 Å². The van der Waals surface area contributed by atoms with Crippen molar-refractivity contribution >= 4 is 22.6 Å². The zero-order valence-corrected chi connectivity index (χ0v) is 8.57. The van der Waals surface area contributed by atoms with E-state index in [1.165, 1.54) is 0 Å². The molecule has 1 heterocycles. The fourth-order valence-electron chi connectivity index (χ4n) is 1.09. The summed E-state index contributed by atoms with van der Waals surface area (Å²) in [5.74, 6) is 0.298. The van der Waals surface area contributed by atoms with Crippen molar-refractivity contribution in [2.75, 3.05) is 5.75 Å². The molecule has 0 spiro atoms. The van der Waals surface area contributed by atoms with Gasteiger partial charge in [-0.1, -0.05) is 30.0 Å². The maximum absolute atomic E-state index is 11.2. The van der Waals surface area contributed by atoms with Gasteiger partial charge in [0.2, 0.25) is 5.12 Å². The summed E-state index contributed by atoms with van der Waals surface area (Å²) in [7, 11) is 0. The molecule has 0 amide bonds. The van der Waals surface area contributed by atoms with Gasteiger partial charge in [0.15, 0.2) is 5.70 Å². The van der Waals surface area contributed by atoms with E-state index in [-0.39, 0.29) is 16.6 Å². The molecular formula is C10H8N2O2S. The summed E-state index contributed by atoms with van der Waals surface area (Å²) in [5.41, 5.74) is 0.714. The number of azo groups is 1. The van der Waals surface area contributed by atoms with Gasteiger partial charge in [-0.05, 0) is 12.1 Å². The number of nitrogens with zero attached hydrogens (tertiary/aromatic N) is 2. The molecule has 76 valence electrons. The second-order valence-electron chi connectivity index (χ2n) is 2.91. The third-order valence-electron chi connectivity index (χ3n) is 1.83. The number of carbonyl (C=O) groups excluding carboxylic acids is 1. The first kappa shape index (κ1) is 9.92. The molecule has 0 saturated carbocycles. The molecule has 1 aliphatic heterocycles. The number of aliphatic hydroxyl groups excluding tert-OH is 1. The Morgan fingerprint density at radius 1 is 1.20 bits per heavy atom. The molecular weight excluding hydrogens is 212 g/mol. The van der Waals surface area contributed by atoms with E-state index in [2.05, 4.69) is 10.2 Å². The Morgan fingerprint density at radius 3 is 2.53 bits per heavy atom. The monoisotopic (exact) mass is 220 g/mol. The molecule has 0 atom stereocenters. The second-order valence-corrected chi connectivity index (χ2v) is 3.86. The van der Waals surface area contributed by atoms with Gasteiger partial charge in [-0.15, -0.1) is 5.11 Å². The summed E-state index contributed by atoms with van der Waals surface area (Å²) in [6, 6.07) is 9.06. The van der Waals surface area contributed by atoms with Crippen molar-refractivity contribution in [2.45, 2.75) is 0 Å². The Balaban J connectivity index is 2.19. The maximum atomic E-state index is 11.2. The molecule has 1 aliphatic rings. The van der Waals surface area contributed by atoms with Crippen molar-refractivity contribution < 1.29 is 9.90 Å². The lowest BCUT2D eigenvalue weighted by molar-refractivity contribution is -0.107. The maximum Gasteiger partial charge on any atom is 0.243 e. The molecule has 0 aliphatic carbocycles. The number of rotatable bonds is 2. The van der Waals surface area contributed by atoms with Crippen LogP contribution in [0.25, 0.3) is 0 Å². The molecule has 1 aromatic rings. The quantitative estimate of drug-likeness (QED) is 0.779. The summed E-state index contributed by atoms with van der Waals surface area (Å²) < 4.78 is 0. The van der Waals surface area contributed by atoms with Crippen molar-refractivity contribution in [1.29, 1.82) is 0 Å². The number of benzene rings is 1. The highest BCUT2D eigenvalue weighted by atomic mass is 32.2. The average molecular weight is 220 g/mol. The van der Waals surface area contributed by atoms with Crippen molar-refractivity contribution in [2.24, 2.45) is 10.2 Å². The highest BCUT2D eigenvalue weighted by molar-refractivity contribution is 8.14. The second kappa shape index (κ2) is 4.27. The van der Waals surface area contributed by atoms with E-state index in [1.807, 2.05) is 18.2 Å². The molecule has 0 bridgehead atoms. The molecule has 15 heavy (non-hydrogen) atoms. The fourth-order valence-corrected chi connectivity index (χ4v) is 1.79. The van der Waals surface area contributed by atoms with Gasteiger partial charge < -0.3 is 5.11 Å². The normalized spacial score (nSPS) is 16.7. The van der Waals surface area contributed by atoms with Crippen LogP contribution in [0.2, 0.25) is 0 Å². The van der Waals surface area contributed by atoms with Crippen molar-refractivity contribution in [1.82, 2.24) is 0 Å². The average Bonchev–Trinajstić information content (AvgIpc) is 2.58. The minimum absolute atomic E-state index is 0.00433. The molecule has 0 fully saturated rings. The van der Waals surface area contributed by atoms with Crippen molar-refractivity contribution in [3.05, 3.63) is 41.8 Å². The summed E-state index contributed by atoms with van der Waals surface area (Å²) in [4.78, 5) is 11.2. The first-order valence-corrected chi connectivity index (χ1v) is 5.32. The van der Waals surface area contributed by atoms with Gasteiger partial charge in [-0.2, -0.15) is 5.11 Å². The standard InChI is InChI=1S/C10H8N2O2S/c13-8-6-15-10(14)9(8)12-11-7-4-2-1-3-5-7/h1-5,13H,6H2/b12-11+. The van der Waals surface area contributed by atoms with E-state index in [1.54, 1.807) is 12.1 Å². The predicted octanol–water partition coefficient (Wildman–Crippen LogP) is 2.81. The van der Waals surface area contributed by atoms with Crippen LogP contribution in [0, 0.1) is 0 Å². The minimum atomic E-state index is -0.229. The zero-order chi connectivity index (χ0) is 10.7. The molecule has 1 N–H and O–H groups in total. The summed E-state index contributed by atoms with van der Waals surface area (Å²) in [6.07, 6.45) is 0. The Bertz CT molecular complexity index is 440. The number of hydrogen-bond acceptors (Lipinski definition) is 5. The topological polar surface area (TPSA) is 62.0 Å². The molecule has 0 saturated heterocycles. The smallest absolute Gasteiger partial charge is 0.243 e. The first-order chi connectivity index (χ1) is 7.27. The SMILES string of the molecule is O=C1SCC(O)=C1/N=N/c1ccccc1. The van der Waals surface area contributed by atoms with E-state index in [0.717, 1.165) is 11.8 Å². The predicted molar refractivity (Wildman–Crippen MR) is 58.1 cm³/mol. The third-order valence-corrected chi connectivity index (χ3v) is 2.70. The van der Waals surface area contributed by atoms with Crippen LogP contribution in [0.3, 0.4) is 0 Å². The van der Waals surface area contributed by atoms with Gasteiger partial charge in [0, 0.05) is 0 Å². The van der Waals surface area contributed by atoms with Crippen molar-refractivity contribution in [3.63, 3.8) is 0 Å². The summed E-state index contributed by atoms with van der Waals surface area (Å²) in [6.45, 7) is 0. The van der Waals surface area contributed by atoms with Crippen LogP contribution >= 0.6 is 11.8 Å². The Labute approximate surface area is 90.7 Å². The van der Waals surface area contributed by atoms with Gasteiger partial charge in [-0.25, -0.2) is 0 Å². The molecule has 1 aromatic carbocycles. The van der Waals surface area contributed by atoms with Crippen LogP contribution in [0.15, 0.2) is 52.0 Å². The van der Waals surface area contributed by atoms with E-state index >= 15 is 0 Å². The van der Waals surface area contributed by atoms with E-state index in [9.17, 15) is 9.90 Å². The number of hydrogen-bond donors (Lipinski definition) is 1. The molecule has 0 radical (unpaired) electrons. The Morgan fingerprint density at radius 2 is 1.93 bits per heavy atom. The van der Waals surface area contributed by atoms with Gasteiger partial charge in [0.1, 0.15) is 5.76 Å². The van der Waals surface area contributed by atoms with Gasteiger partial charge >= 0.3 is 0 Å². The lowest BCUT2D eigenvalue weighted by atomic mass is 10.3. The largest absolute Gasteiger partial charge is 0.509 e. The molecule has 4 nitrogen and oxygen atoms in total. The van der Waals surface area contributed by atoms with Crippen LogP contribution in [-0.4, -0.2) is 16.0 Å². The molecule has 2 rings (SSSR count). The summed E-state index contributed by atoms with van der Waals surface area (Å²) in [5, 5.41) is 16.7.